The van der Waals surface area contributed by atoms with Crippen molar-refractivity contribution in [2.45, 2.75) is 0 Å². The number of nitrogens with one attached hydrogen (secondary N) is 2. The maximum absolute atomic E-state index is 12.4. The number of hydrogen-bond donors (Lipinski definition) is 3. The van der Waals surface area contributed by atoms with Crippen molar-refractivity contribution in [3.05, 3.63) is 42.2 Å². The molecule has 2 amide bonds. The Balaban J connectivity index is 1.82. The fraction of sp³-hybridized carbons (Fsp3) is 0.133. The van der Waals surface area contributed by atoms with Gasteiger partial charge in [0.05, 0.1) is 5.69 Å². The molecule has 0 aliphatic rings. The van der Waals surface area contributed by atoms with E-state index in [4.69, 9.17) is 10.2 Å². The Hall–Kier alpha value is -3.69. The van der Waals surface area contributed by atoms with E-state index in [9.17, 15) is 9.59 Å². The molecule has 3 aromatic rings. The number of oxazole rings is 1. The van der Waals surface area contributed by atoms with Crippen LogP contribution in [0.2, 0.25) is 0 Å². The van der Waals surface area contributed by atoms with Crippen molar-refractivity contribution in [2.75, 3.05) is 18.1 Å². The Morgan fingerprint density at radius 3 is 2.84 bits per heavy atom. The number of carbonyl (C=O) groups is 2. The number of aryl methyl sites for hydroxylation is 1. The standard InChI is InChI=1S/C15H15N7O3/c1-17-14(24)12-9(6-22(2)21-12)19-13(23)10-7-25-15(20-10)8-3-4-18-11(16)5-8/h3-7H,1-2H3,(H2,16,18)(H,17,24)(H,19,23). The van der Waals surface area contributed by atoms with E-state index < -0.39 is 11.8 Å². The molecule has 0 saturated heterocycles. The monoisotopic (exact) mass is 341 g/mol. The van der Waals surface area contributed by atoms with Crippen LogP contribution in [0.4, 0.5) is 11.5 Å². The van der Waals surface area contributed by atoms with Crippen LogP contribution in [0.15, 0.2) is 35.2 Å². The highest BCUT2D eigenvalue weighted by Crippen LogP contribution is 2.20. The van der Waals surface area contributed by atoms with Crippen molar-refractivity contribution in [2.24, 2.45) is 7.05 Å². The summed E-state index contributed by atoms with van der Waals surface area (Å²) in [5, 5.41) is 9.07. The van der Waals surface area contributed by atoms with Gasteiger partial charge < -0.3 is 20.8 Å². The normalized spacial score (nSPS) is 10.5. The number of amides is 2. The molecule has 0 unspecified atom stereocenters. The van der Waals surface area contributed by atoms with Crippen molar-refractivity contribution >= 4 is 23.3 Å². The quantitative estimate of drug-likeness (QED) is 0.633. The number of nitrogens with zero attached hydrogens (tertiary/aromatic N) is 4. The maximum atomic E-state index is 12.4. The average molecular weight is 341 g/mol. The summed E-state index contributed by atoms with van der Waals surface area (Å²) in [5.41, 5.74) is 6.64. The fourth-order valence-corrected chi connectivity index (χ4v) is 2.14. The van der Waals surface area contributed by atoms with E-state index in [2.05, 4.69) is 25.7 Å². The van der Waals surface area contributed by atoms with Crippen LogP contribution in [0.25, 0.3) is 11.5 Å². The summed E-state index contributed by atoms with van der Waals surface area (Å²) in [6.45, 7) is 0. The molecular formula is C15H15N7O3. The van der Waals surface area contributed by atoms with Gasteiger partial charge in [-0.2, -0.15) is 5.10 Å². The van der Waals surface area contributed by atoms with Gasteiger partial charge in [0.25, 0.3) is 11.8 Å². The van der Waals surface area contributed by atoms with Gasteiger partial charge in [-0.25, -0.2) is 9.97 Å². The predicted molar refractivity (Wildman–Crippen MR) is 88.7 cm³/mol. The van der Waals surface area contributed by atoms with E-state index in [1.54, 1.807) is 19.2 Å². The summed E-state index contributed by atoms with van der Waals surface area (Å²) in [6, 6.07) is 3.24. The van der Waals surface area contributed by atoms with E-state index in [0.717, 1.165) is 0 Å². The molecule has 3 heterocycles. The first-order valence-corrected chi connectivity index (χ1v) is 7.22. The lowest BCUT2D eigenvalue weighted by molar-refractivity contribution is 0.0958. The summed E-state index contributed by atoms with van der Waals surface area (Å²) in [5.74, 6) is -0.400. The number of pyridine rings is 1. The number of nitrogen functional groups attached to an aromatic ring is 1. The zero-order chi connectivity index (χ0) is 18.0. The molecule has 0 aliphatic carbocycles. The summed E-state index contributed by atoms with van der Waals surface area (Å²) >= 11 is 0. The van der Waals surface area contributed by atoms with Gasteiger partial charge >= 0.3 is 0 Å². The van der Waals surface area contributed by atoms with E-state index in [0.29, 0.717) is 11.4 Å². The Morgan fingerprint density at radius 2 is 2.12 bits per heavy atom. The molecule has 0 spiro atoms. The van der Waals surface area contributed by atoms with Gasteiger partial charge in [0, 0.05) is 32.1 Å². The SMILES string of the molecule is CNC(=O)c1nn(C)cc1NC(=O)c1coc(-c2ccnc(N)c2)n1. The molecule has 4 N–H and O–H groups in total. The topological polar surface area (TPSA) is 141 Å². The Bertz CT molecular complexity index is 944. The van der Waals surface area contributed by atoms with Crippen molar-refractivity contribution in [3.8, 4) is 11.5 Å². The minimum atomic E-state index is -0.532. The third-order valence-electron chi connectivity index (χ3n) is 3.28. The molecule has 0 saturated carbocycles. The molecule has 3 aromatic heterocycles. The lowest BCUT2D eigenvalue weighted by Crippen LogP contribution is -2.21. The third kappa shape index (κ3) is 3.32. The van der Waals surface area contributed by atoms with Gasteiger partial charge in [-0.1, -0.05) is 0 Å². The minimum absolute atomic E-state index is 0.0529. The summed E-state index contributed by atoms with van der Waals surface area (Å²) < 4.78 is 6.74. The van der Waals surface area contributed by atoms with Gasteiger partial charge in [0.15, 0.2) is 11.4 Å². The number of carbonyl (C=O) groups excluding carboxylic acids is 2. The minimum Gasteiger partial charge on any atom is -0.444 e. The molecule has 128 valence electrons. The number of hydrogen-bond acceptors (Lipinski definition) is 7. The van der Waals surface area contributed by atoms with Crippen LogP contribution >= 0.6 is 0 Å². The van der Waals surface area contributed by atoms with Gasteiger partial charge in [0.2, 0.25) is 5.89 Å². The Kier molecular flexibility index (Phi) is 4.16. The zero-order valence-corrected chi connectivity index (χ0v) is 13.5. The van der Waals surface area contributed by atoms with Crippen LogP contribution < -0.4 is 16.4 Å². The van der Waals surface area contributed by atoms with E-state index in [1.807, 2.05) is 0 Å². The number of nitrogens with two attached hydrogens (primary N) is 1. The molecule has 0 fully saturated rings. The molecule has 0 radical (unpaired) electrons. The Morgan fingerprint density at radius 1 is 1.32 bits per heavy atom. The predicted octanol–water partition coefficient (Wildman–Crippen LogP) is 0.664. The van der Waals surface area contributed by atoms with Crippen LogP contribution in [0.1, 0.15) is 21.0 Å². The molecule has 0 bridgehead atoms. The van der Waals surface area contributed by atoms with E-state index in [1.165, 1.54) is 30.4 Å². The van der Waals surface area contributed by atoms with Gasteiger partial charge in [-0.15, -0.1) is 0 Å². The Labute approximate surface area is 142 Å². The van der Waals surface area contributed by atoms with Crippen LogP contribution in [0.3, 0.4) is 0 Å². The number of aromatic nitrogens is 4. The second-order valence-corrected chi connectivity index (χ2v) is 5.11. The van der Waals surface area contributed by atoms with Crippen molar-refractivity contribution < 1.29 is 14.0 Å². The molecule has 10 nitrogen and oxygen atoms in total. The van der Waals surface area contributed by atoms with E-state index >= 15 is 0 Å². The molecule has 25 heavy (non-hydrogen) atoms. The molecule has 0 aliphatic heterocycles. The maximum Gasteiger partial charge on any atom is 0.277 e. The highest BCUT2D eigenvalue weighted by molar-refractivity contribution is 6.07. The first-order chi connectivity index (χ1) is 12.0. The summed E-state index contributed by atoms with van der Waals surface area (Å²) in [7, 11) is 3.12. The number of anilines is 2. The molecule has 10 heteroatoms. The van der Waals surface area contributed by atoms with Crippen molar-refractivity contribution in [1.29, 1.82) is 0 Å². The van der Waals surface area contributed by atoms with Crippen LogP contribution in [-0.2, 0) is 7.05 Å². The lowest BCUT2D eigenvalue weighted by atomic mass is 10.2. The highest BCUT2D eigenvalue weighted by Gasteiger charge is 2.20. The molecule has 0 aromatic carbocycles. The van der Waals surface area contributed by atoms with Crippen LogP contribution in [0.5, 0.6) is 0 Å². The average Bonchev–Trinajstić information content (AvgIpc) is 3.21. The summed E-state index contributed by atoms with van der Waals surface area (Å²) in [4.78, 5) is 32.2. The fourth-order valence-electron chi connectivity index (χ4n) is 2.14. The third-order valence-corrected chi connectivity index (χ3v) is 3.28. The van der Waals surface area contributed by atoms with E-state index in [-0.39, 0.29) is 23.0 Å². The van der Waals surface area contributed by atoms with Crippen LogP contribution in [0, 0.1) is 0 Å². The lowest BCUT2D eigenvalue weighted by Gasteiger charge is -2.02. The molecule has 0 atom stereocenters. The second kappa shape index (κ2) is 6.43. The first-order valence-electron chi connectivity index (χ1n) is 7.22. The zero-order valence-electron chi connectivity index (χ0n) is 13.5. The van der Waals surface area contributed by atoms with Gasteiger partial charge in [-0.3, -0.25) is 14.3 Å². The second-order valence-electron chi connectivity index (χ2n) is 5.11. The molecular weight excluding hydrogens is 326 g/mol. The summed E-state index contributed by atoms with van der Waals surface area (Å²) in [6.07, 6.45) is 4.25. The smallest absolute Gasteiger partial charge is 0.277 e. The number of rotatable bonds is 4. The van der Waals surface area contributed by atoms with Gasteiger partial charge in [-0.05, 0) is 12.1 Å². The van der Waals surface area contributed by atoms with Crippen LogP contribution in [-0.4, -0.2) is 38.6 Å². The molecule has 3 rings (SSSR count). The first kappa shape index (κ1) is 16.2. The van der Waals surface area contributed by atoms with Gasteiger partial charge in [0.1, 0.15) is 12.1 Å². The van der Waals surface area contributed by atoms with Crippen molar-refractivity contribution in [3.63, 3.8) is 0 Å². The largest absolute Gasteiger partial charge is 0.444 e. The highest BCUT2D eigenvalue weighted by atomic mass is 16.3. The van der Waals surface area contributed by atoms with Crippen molar-refractivity contribution in [1.82, 2.24) is 25.1 Å².